The van der Waals surface area contributed by atoms with Crippen LogP contribution in [0.2, 0.25) is 0 Å². The topological polar surface area (TPSA) is 89.5 Å². The molecule has 1 saturated carbocycles. The molecule has 1 aromatic heterocycles. The molecular weight excluding hydrogens is 382 g/mol. The molecule has 7 heteroatoms. The minimum Gasteiger partial charge on any atom is -0.493 e. The van der Waals surface area contributed by atoms with Crippen molar-refractivity contribution in [1.29, 1.82) is 0 Å². The van der Waals surface area contributed by atoms with Gasteiger partial charge in [-0.1, -0.05) is 31.4 Å². The van der Waals surface area contributed by atoms with Gasteiger partial charge in [-0.15, -0.1) is 0 Å². The number of hydrogen-bond acceptors (Lipinski definition) is 5. The normalized spacial score (nSPS) is 14.0. The van der Waals surface area contributed by atoms with Gasteiger partial charge in [0.2, 0.25) is 5.91 Å². The summed E-state index contributed by atoms with van der Waals surface area (Å²) in [5, 5.41) is 5.35. The van der Waals surface area contributed by atoms with Crippen LogP contribution in [0, 0.1) is 5.92 Å². The van der Waals surface area contributed by atoms with Crippen LogP contribution in [0.15, 0.2) is 42.6 Å². The number of amides is 2. The van der Waals surface area contributed by atoms with Gasteiger partial charge in [0.15, 0.2) is 11.6 Å². The SMILES string of the molecule is CCOc1ccccc1C(=O)NCC(=O)Nc1ncccc1OCC1CCCCC1. The molecule has 2 aromatic rings. The summed E-state index contributed by atoms with van der Waals surface area (Å²) >= 11 is 0. The molecule has 1 aliphatic carbocycles. The molecule has 1 heterocycles. The fourth-order valence-electron chi connectivity index (χ4n) is 3.53. The Morgan fingerprint density at radius 2 is 1.80 bits per heavy atom. The van der Waals surface area contributed by atoms with Gasteiger partial charge in [-0.05, 0) is 49.9 Å². The number of aromatic nitrogens is 1. The zero-order valence-corrected chi connectivity index (χ0v) is 17.4. The summed E-state index contributed by atoms with van der Waals surface area (Å²) in [6.45, 7) is 2.74. The number of carbonyl (C=O) groups excluding carboxylic acids is 2. The number of para-hydroxylation sites is 1. The van der Waals surface area contributed by atoms with Crippen LogP contribution in [0.5, 0.6) is 11.5 Å². The van der Waals surface area contributed by atoms with E-state index in [1.54, 1.807) is 42.6 Å². The molecule has 160 valence electrons. The summed E-state index contributed by atoms with van der Waals surface area (Å²) in [6, 6.07) is 10.5. The van der Waals surface area contributed by atoms with Crippen molar-refractivity contribution in [2.24, 2.45) is 5.92 Å². The van der Waals surface area contributed by atoms with E-state index in [9.17, 15) is 9.59 Å². The van der Waals surface area contributed by atoms with Crippen molar-refractivity contribution in [2.45, 2.75) is 39.0 Å². The summed E-state index contributed by atoms with van der Waals surface area (Å²) in [5.41, 5.74) is 0.390. The Hall–Kier alpha value is -3.09. The number of benzene rings is 1. The number of anilines is 1. The van der Waals surface area contributed by atoms with Crippen LogP contribution >= 0.6 is 0 Å². The van der Waals surface area contributed by atoms with Crippen LogP contribution in [0.1, 0.15) is 49.4 Å². The van der Waals surface area contributed by atoms with Crippen LogP contribution < -0.4 is 20.1 Å². The van der Waals surface area contributed by atoms with Gasteiger partial charge in [0, 0.05) is 6.20 Å². The molecule has 0 aliphatic heterocycles. The molecule has 0 spiro atoms. The van der Waals surface area contributed by atoms with Crippen molar-refractivity contribution >= 4 is 17.6 Å². The molecule has 0 saturated heterocycles. The molecule has 1 fully saturated rings. The maximum Gasteiger partial charge on any atom is 0.255 e. The van der Waals surface area contributed by atoms with Crippen LogP contribution in [0.3, 0.4) is 0 Å². The van der Waals surface area contributed by atoms with Gasteiger partial charge in [0.1, 0.15) is 5.75 Å². The van der Waals surface area contributed by atoms with Gasteiger partial charge in [0.05, 0.1) is 25.3 Å². The van der Waals surface area contributed by atoms with Crippen molar-refractivity contribution in [3.63, 3.8) is 0 Å². The standard InChI is InChI=1S/C23H29N3O4/c1-2-29-19-12-7-6-11-18(19)23(28)25-15-21(27)26-22-20(13-8-14-24-22)30-16-17-9-4-3-5-10-17/h6-8,11-14,17H,2-5,9-10,15-16H2,1H3,(H,25,28)(H,24,26,27). The second-order valence-electron chi connectivity index (χ2n) is 7.33. The first-order chi connectivity index (χ1) is 14.7. The Kier molecular flexibility index (Phi) is 8.06. The summed E-state index contributed by atoms with van der Waals surface area (Å²) in [7, 11) is 0. The van der Waals surface area contributed by atoms with Gasteiger partial charge in [0.25, 0.3) is 5.91 Å². The van der Waals surface area contributed by atoms with Gasteiger partial charge >= 0.3 is 0 Å². The van der Waals surface area contributed by atoms with E-state index >= 15 is 0 Å². The second kappa shape index (κ2) is 11.2. The number of rotatable bonds is 9. The van der Waals surface area contributed by atoms with E-state index in [1.165, 1.54) is 32.1 Å². The molecule has 7 nitrogen and oxygen atoms in total. The Bertz CT molecular complexity index is 850. The first-order valence-electron chi connectivity index (χ1n) is 10.5. The lowest BCUT2D eigenvalue weighted by atomic mass is 9.90. The molecule has 2 amide bonds. The molecule has 3 rings (SSSR count). The summed E-state index contributed by atoms with van der Waals surface area (Å²) in [5.74, 6) is 1.20. The Labute approximate surface area is 177 Å². The lowest BCUT2D eigenvalue weighted by molar-refractivity contribution is -0.115. The van der Waals surface area contributed by atoms with Gasteiger partial charge in [-0.3, -0.25) is 9.59 Å². The highest BCUT2D eigenvalue weighted by Gasteiger charge is 2.17. The fraction of sp³-hybridized carbons (Fsp3) is 0.435. The van der Waals surface area contributed by atoms with E-state index in [0.717, 1.165) is 0 Å². The number of nitrogens with one attached hydrogen (secondary N) is 2. The van der Waals surface area contributed by atoms with Crippen LogP contribution in [0.25, 0.3) is 0 Å². The van der Waals surface area contributed by atoms with Crippen molar-refractivity contribution in [3.05, 3.63) is 48.2 Å². The fourth-order valence-corrected chi connectivity index (χ4v) is 3.53. The third-order valence-corrected chi connectivity index (χ3v) is 5.07. The maximum atomic E-state index is 12.4. The highest BCUT2D eigenvalue weighted by atomic mass is 16.5. The summed E-state index contributed by atoms with van der Waals surface area (Å²) < 4.78 is 11.4. The third-order valence-electron chi connectivity index (χ3n) is 5.07. The highest BCUT2D eigenvalue weighted by molar-refractivity contribution is 6.00. The van der Waals surface area contributed by atoms with Crippen LogP contribution in [-0.4, -0.2) is 36.6 Å². The molecule has 2 N–H and O–H groups in total. The minimum atomic E-state index is -0.376. The highest BCUT2D eigenvalue weighted by Crippen LogP contribution is 2.27. The Balaban J connectivity index is 1.53. The van der Waals surface area contributed by atoms with E-state index < -0.39 is 0 Å². The average molecular weight is 412 g/mol. The maximum absolute atomic E-state index is 12.4. The van der Waals surface area contributed by atoms with E-state index in [-0.39, 0.29) is 18.4 Å². The molecule has 0 unspecified atom stereocenters. The van der Waals surface area contributed by atoms with E-state index in [4.69, 9.17) is 9.47 Å². The molecule has 0 radical (unpaired) electrons. The lowest BCUT2D eigenvalue weighted by Crippen LogP contribution is -2.33. The largest absolute Gasteiger partial charge is 0.493 e. The lowest BCUT2D eigenvalue weighted by Gasteiger charge is -2.22. The van der Waals surface area contributed by atoms with Gasteiger partial charge < -0.3 is 20.1 Å². The smallest absolute Gasteiger partial charge is 0.255 e. The molecule has 1 aliphatic rings. The predicted molar refractivity (Wildman–Crippen MR) is 115 cm³/mol. The molecule has 1 aromatic carbocycles. The summed E-state index contributed by atoms with van der Waals surface area (Å²) in [6.07, 6.45) is 7.74. The van der Waals surface area contributed by atoms with Crippen molar-refractivity contribution in [3.8, 4) is 11.5 Å². The first-order valence-corrected chi connectivity index (χ1v) is 10.5. The summed E-state index contributed by atoms with van der Waals surface area (Å²) in [4.78, 5) is 29.0. The van der Waals surface area contributed by atoms with E-state index in [0.29, 0.717) is 42.0 Å². The molecule has 0 atom stereocenters. The Morgan fingerprint density at radius 1 is 1.03 bits per heavy atom. The monoisotopic (exact) mass is 411 g/mol. The van der Waals surface area contributed by atoms with Crippen LogP contribution in [-0.2, 0) is 4.79 Å². The minimum absolute atomic E-state index is 0.183. The molecule has 0 bridgehead atoms. The average Bonchev–Trinajstić information content (AvgIpc) is 2.78. The number of pyridine rings is 1. The van der Waals surface area contributed by atoms with Gasteiger partial charge in [-0.2, -0.15) is 0 Å². The van der Waals surface area contributed by atoms with Gasteiger partial charge in [-0.25, -0.2) is 4.98 Å². The predicted octanol–water partition coefficient (Wildman–Crippen LogP) is 3.81. The van der Waals surface area contributed by atoms with E-state index in [1.807, 2.05) is 6.92 Å². The molecule has 30 heavy (non-hydrogen) atoms. The number of hydrogen-bond donors (Lipinski definition) is 2. The number of carbonyl (C=O) groups is 2. The zero-order valence-electron chi connectivity index (χ0n) is 17.4. The third kappa shape index (κ3) is 6.20. The first kappa shape index (κ1) is 21.6. The second-order valence-corrected chi connectivity index (χ2v) is 7.33. The van der Waals surface area contributed by atoms with Crippen molar-refractivity contribution in [1.82, 2.24) is 10.3 Å². The van der Waals surface area contributed by atoms with Crippen molar-refractivity contribution < 1.29 is 19.1 Å². The van der Waals surface area contributed by atoms with Crippen molar-refractivity contribution in [2.75, 3.05) is 25.1 Å². The number of ether oxygens (including phenoxy) is 2. The van der Waals surface area contributed by atoms with Crippen LogP contribution in [0.4, 0.5) is 5.82 Å². The zero-order chi connectivity index (χ0) is 21.2. The number of nitrogens with zero attached hydrogens (tertiary/aromatic N) is 1. The quantitative estimate of drug-likeness (QED) is 0.655. The van der Waals surface area contributed by atoms with E-state index in [2.05, 4.69) is 15.6 Å². The molecular formula is C23H29N3O4. The Morgan fingerprint density at radius 3 is 2.60 bits per heavy atom.